The molecule has 0 amide bonds. The molecule has 1 aliphatic rings. The van der Waals surface area contributed by atoms with Crippen LogP contribution in [0.25, 0.3) is 0 Å². The molecule has 1 aromatic rings. The van der Waals surface area contributed by atoms with Gasteiger partial charge in [0.15, 0.2) is 6.61 Å². The summed E-state index contributed by atoms with van der Waals surface area (Å²) >= 11 is 0. The van der Waals surface area contributed by atoms with Gasteiger partial charge in [-0.2, -0.15) is 0 Å². The number of carboxylic acid groups (broad SMARTS) is 1. The molecule has 16 heavy (non-hydrogen) atoms. The van der Waals surface area contributed by atoms with Gasteiger partial charge in [-0.05, 0) is 24.3 Å². The summed E-state index contributed by atoms with van der Waals surface area (Å²) in [4.78, 5) is 14.6. The minimum absolute atomic E-state index is 0.321. The molecule has 0 aromatic heterocycles. The van der Waals surface area contributed by atoms with E-state index in [-0.39, 0.29) is 6.61 Å². The summed E-state index contributed by atoms with van der Waals surface area (Å²) in [7, 11) is 0. The SMILES string of the molecule is O=C(O)COc1ccc(C2=NCCN2)cc1. The van der Waals surface area contributed by atoms with Gasteiger partial charge in [0.2, 0.25) is 0 Å². The predicted octanol–water partition coefficient (Wildman–Crippen LogP) is 0.500. The monoisotopic (exact) mass is 220 g/mol. The largest absolute Gasteiger partial charge is 0.482 e. The van der Waals surface area contributed by atoms with Crippen LogP contribution in [0.2, 0.25) is 0 Å². The third kappa shape index (κ3) is 2.50. The summed E-state index contributed by atoms with van der Waals surface area (Å²) in [5.41, 5.74) is 0.986. The molecule has 0 spiro atoms. The quantitative estimate of drug-likeness (QED) is 0.775. The first-order valence-corrected chi connectivity index (χ1v) is 4.99. The maximum absolute atomic E-state index is 10.3. The maximum atomic E-state index is 10.3. The van der Waals surface area contributed by atoms with Crippen molar-refractivity contribution in [3.63, 3.8) is 0 Å². The van der Waals surface area contributed by atoms with Gasteiger partial charge >= 0.3 is 5.97 Å². The minimum atomic E-state index is -0.981. The molecule has 0 unspecified atom stereocenters. The number of ether oxygens (including phenoxy) is 1. The van der Waals surface area contributed by atoms with Crippen molar-refractivity contribution in [1.29, 1.82) is 0 Å². The Bertz CT molecular complexity index is 412. The average molecular weight is 220 g/mol. The van der Waals surface area contributed by atoms with E-state index < -0.39 is 5.97 Å². The molecule has 0 bridgehead atoms. The smallest absolute Gasteiger partial charge is 0.341 e. The Balaban J connectivity index is 2.01. The van der Waals surface area contributed by atoms with E-state index >= 15 is 0 Å². The molecule has 0 fully saturated rings. The molecule has 0 radical (unpaired) electrons. The highest BCUT2D eigenvalue weighted by Gasteiger charge is 2.07. The number of hydrogen-bond donors (Lipinski definition) is 2. The second-order valence-corrected chi connectivity index (χ2v) is 3.36. The number of nitrogens with zero attached hydrogens (tertiary/aromatic N) is 1. The van der Waals surface area contributed by atoms with E-state index in [0.717, 1.165) is 24.5 Å². The molecule has 0 saturated carbocycles. The molecule has 5 nitrogen and oxygen atoms in total. The van der Waals surface area contributed by atoms with Crippen molar-refractivity contribution in [1.82, 2.24) is 5.32 Å². The summed E-state index contributed by atoms with van der Waals surface area (Å²) in [6.45, 7) is 1.34. The fourth-order valence-electron chi connectivity index (χ4n) is 1.45. The highest BCUT2D eigenvalue weighted by atomic mass is 16.5. The summed E-state index contributed by atoms with van der Waals surface area (Å²) < 4.78 is 5.03. The van der Waals surface area contributed by atoms with E-state index in [1.807, 2.05) is 12.1 Å². The van der Waals surface area contributed by atoms with E-state index in [2.05, 4.69) is 10.3 Å². The number of aliphatic imine (C=N–C) groups is 1. The number of rotatable bonds is 4. The number of amidine groups is 1. The molecular weight excluding hydrogens is 208 g/mol. The van der Waals surface area contributed by atoms with Gasteiger partial charge in [-0.1, -0.05) is 0 Å². The normalized spacial score (nSPS) is 14.1. The standard InChI is InChI=1S/C11H12N2O3/c14-10(15)7-16-9-3-1-8(2-4-9)11-12-5-6-13-11/h1-4H,5-7H2,(H,12,13)(H,14,15). The summed E-state index contributed by atoms with van der Waals surface area (Å²) in [5, 5.41) is 11.6. The van der Waals surface area contributed by atoms with Gasteiger partial charge in [0.25, 0.3) is 0 Å². The van der Waals surface area contributed by atoms with Gasteiger partial charge in [-0.25, -0.2) is 4.79 Å². The second-order valence-electron chi connectivity index (χ2n) is 3.36. The first-order chi connectivity index (χ1) is 7.75. The van der Waals surface area contributed by atoms with E-state index in [1.165, 1.54) is 0 Å². The maximum Gasteiger partial charge on any atom is 0.341 e. The zero-order chi connectivity index (χ0) is 11.4. The molecule has 0 aliphatic carbocycles. The molecule has 0 saturated heterocycles. The highest BCUT2D eigenvalue weighted by molar-refractivity contribution is 5.99. The zero-order valence-corrected chi connectivity index (χ0v) is 8.64. The predicted molar refractivity (Wildman–Crippen MR) is 59.0 cm³/mol. The van der Waals surface area contributed by atoms with Crippen LogP contribution in [-0.4, -0.2) is 36.6 Å². The van der Waals surface area contributed by atoms with Crippen molar-refractivity contribution in [2.45, 2.75) is 0 Å². The Morgan fingerprint density at radius 1 is 1.44 bits per heavy atom. The van der Waals surface area contributed by atoms with Gasteiger partial charge in [0.05, 0.1) is 6.54 Å². The molecule has 84 valence electrons. The number of carboxylic acids is 1. The Hall–Kier alpha value is -2.04. The number of hydrogen-bond acceptors (Lipinski definition) is 4. The highest BCUT2D eigenvalue weighted by Crippen LogP contribution is 2.13. The lowest BCUT2D eigenvalue weighted by Gasteiger charge is -2.05. The second kappa shape index (κ2) is 4.65. The topological polar surface area (TPSA) is 70.9 Å². The molecule has 0 atom stereocenters. The van der Waals surface area contributed by atoms with Crippen LogP contribution >= 0.6 is 0 Å². The number of benzene rings is 1. The van der Waals surface area contributed by atoms with E-state index in [9.17, 15) is 4.79 Å². The molecule has 1 aromatic carbocycles. The number of carbonyl (C=O) groups is 1. The number of aliphatic carboxylic acids is 1. The van der Waals surface area contributed by atoms with Gasteiger partial charge < -0.3 is 15.2 Å². The molecular formula is C11H12N2O3. The van der Waals surface area contributed by atoms with E-state index in [0.29, 0.717) is 5.75 Å². The third-order valence-electron chi connectivity index (χ3n) is 2.16. The van der Waals surface area contributed by atoms with Crippen molar-refractivity contribution in [2.24, 2.45) is 4.99 Å². The molecule has 2 N–H and O–H groups in total. The third-order valence-corrected chi connectivity index (χ3v) is 2.16. The van der Waals surface area contributed by atoms with Crippen LogP contribution in [0.1, 0.15) is 5.56 Å². The van der Waals surface area contributed by atoms with Crippen LogP contribution in [-0.2, 0) is 4.79 Å². The Labute approximate surface area is 92.8 Å². The van der Waals surface area contributed by atoms with Crippen molar-refractivity contribution in [3.8, 4) is 5.75 Å². The zero-order valence-electron chi connectivity index (χ0n) is 8.64. The lowest BCUT2D eigenvalue weighted by molar-refractivity contribution is -0.139. The van der Waals surface area contributed by atoms with Crippen molar-refractivity contribution in [2.75, 3.05) is 19.7 Å². The fourth-order valence-corrected chi connectivity index (χ4v) is 1.45. The van der Waals surface area contributed by atoms with Crippen LogP contribution in [0.3, 0.4) is 0 Å². The molecule has 1 heterocycles. The van der Waals surface area contributed by atoms with Gasteiger partial charge in [0, 0.05) is 12.1 Å². The first-order valence-electron chi connectivity index (χ1n) is 4.99. The van der Waals surface area contributed by atoms with Crippen LogP contribution in [0, 0.1) is 0 Å². The van der Waals surface area contributed by atoms with Crippen LogP contribution in [0.5, 0.6) is 5.75 Å². The average Bonchev–Trinajstić information content (AvgIpc) is 2.80. The molecule has 2 rings (SSSR count). The first kappa shape index (κ1) is 10.5. The van der Waals surface area contributed by atoms with Crippen molar-refractivity contribution >= 4 is 11.8 Å². The van der Waals surface area contributed by atoms with Crippen LogP contribution < -0.4 is 10.1 Å². The number of nitrogens with one attached hydrogen (secondary N) is 1. The summed E-state index contributed by atoms with van der Waals surface area (Å²) in [5.74, 6) is 0.445. The van der Waals surface area contributed by atoms with Crippen molar-refractivity contribution < 1.29 is 14.6 Å². The lowest BCUT2D eigenvalue weighted by Crippen LogP contribution is -2.19. The van der Waals surface area contributed by atoms with Crippen LogP contribution in [0.4, 0.5) is 0 Å². The fraction of sp³-hybridized carbons (Fsp3) is 0.273. The van der Waals surface area contributed by atoms with E-state index in [4.69, 9.17) is 9.84 Å². The molecule has 5 heteroatoms. The van der Waals surface area contributed by atoms with Crippen molar-refractivity contribution in [3.05, 3.63) is 29.8 Å². The summed E-state index contributed by atoms with van der Waals surface area (Å²) in [6, 6.07) is 7.18. The summed E-state index contributed by atoms with van der Waals surface area (Å²) in [6.07, 6.45) is 0. The minimum Gasteiger partial charge on any atom is -0.482 e. The molecule has 1 aliphatic heterocycles. The Morgan fingerprint density at radius 3 is 2.75 bits per heavy atom. The lowest BCUT2D eigenvalue weighted by atomic mass is 10.2. The Kier molecular flexibility index (Phi) is 3.05. The van der Waals surface area contributed by atoms with Gasteiger partial charge in [-0.3, -0.25) is 4.99 Å². The van der Waals surface area contributed by atoms with Gasteiger partial charge in [-0.15, -0.1) is 0 Å². The van der Waals surface area contributed by atoms with Gasteiger partial charge in [0.1, 0.15) is 11.6 Å². The van der Waals surface area contributed by atoms with Crippen LogP contribution in [0.15, 0.2) is 29.3 Å². The Morgan fingerprint density at radius 2 is 2.19 bits per heavy atom. The van der Waals surface area contributed by atoms with E-state index in [1.54, 1.807) is 12.1 Å².